The molecule has 6 aromatic carbocycles. The maximum absolute atomic E-state index is 12.0. The minimum absolute atomic E-state index is 0. The van der Waals surface area contributed by atoms with Crippen molar-refractivity contribution in [3.05, 3.63) is 133 Å². The average molecular weight is 874 g/mol. The number of nitrogens with zero attached hydrogens (tertiary/aromatic N) is 3. The average Bonchev–Trinajstić information content (AvgIpc) is 3.23. The van der Waals surface area contributed by atoms with E-state index in [0.717, 1.165) is 78.3 Å². The number of methoxy groups -OCH3 is 4. The van der Waals surface area contributed by atoms with Gasteiger partial charge >= 0.3 is 58.2 Å². The van der Waals surface area contributed by atoms with Crippen molar-refractivity contribution in [2.75, 3.05) is 49.7 Å². The largest absolute Gasteiger partial charge is 1.00 e. The molecule has 0 bridgehead atoms. The molecule has 0 radical (unpaired) electrons. The van der Waals surface area contributed by atoms with Gasteiger partial charge in [-0.05, 0) is 147 Å². The van der Waals surface area contributed by atoms with Gasteiger partial charge in [0.05, 0.1) is 49.9 Å². The molecule has 0 fully saturated rings. The van der Waals surface area contributed by atoms with Crippen molar-refractivity contribution in [2.24, 2.45) is 0 Å². The third kappa shape index (κ3) is 9.49. The fraction of sp³-hybridized carbons (Fsp3) is 0.182. The van der Waals surface area contributed by atoms with Gasteiger partial charge in [-0.1, -0.05) is 11.8 Å². The summed E-state index contributed by atoms with van der Waals surface area (Å²) in [4.78, 5) is 8.38. The Bertz CT molecular complexity index is 2160. The molecule has 0 saturated heterocycles. The van der Waals surface area contributed by atoms with Gasteiger partial charge in [0.2, 0.25) is 0 Å². The van der Waals surface area contributed by atoms with Crippen LogP contribution in [0.1, 0.15) is 13.3 Å². The van der Waals surface area contributed by atoms with E-state index in [9.17, 15) is 13.0 Å². The first-order valence-corrected chi connectivity index (χ1v) is 20.2. The number of anilines is 8. The molecule has 1 atom stereocenters. The van der Waals surface area contributed by atoms with Gasteiger partial charge in [0.25, 0.3) is 0 Å². The maximum Gasteiger partial charge on any atom is 1.00 e. The molecule has 0 N–H and O–H groups in total. The molecule has 1 aliphatic rings. The number of benzene rings is 6. The number of rotatable bonds is 14. The molecule has 0 aromatic heterocycles. The summed E-state index contributed by atoms with van der Waals surface area (Å²) >= 11 is 1.64. The summed E-state index contributed by atoms with van der Waals surface area (Å²) in [5, 5.41) is -1.05. The monoisotopic (exact) mass is 873 g/mol. The molecule has 0 spiro atoms. The Labute approximate surface area is 387 Å². The van der Waals surface area contributed by atoms with E-state index in [1.807, 2.05) is 97.1 Å². The molecular weight excluding hydrogens is 832 g/mol. The normalized spacial score (nSPS) is 12.4. The van der Waals surface area contributed by atoms with Gasteiger partial charge in [0, 0.05) is 55.7 Å². The number of ether oxygens (including phenoxy) is 4. The predicted octanol–water partition coefficient (Wildman–Crippen LogP) is 7.59. The molecule has 0 amide bonds. The van der Waals surface area contributed by atoms with E-state index in [1.165, 1.54) is 6.92 Å². The summed E-state index contributed by atoms with van der Waals surface area (Å²) in [6, 6.07) is 44.1. The van der Waals surface area contributed by atoms with Crippen molar-refractivity contribution in [3.8, 4) is 23.0 Å². The second-order valence-corrected chi connectivity index (χ2v) is 16.0. The second-order valence-electron chi connectivity index (χ2n) is 13.1. The minimum Gasteiger partial charge on any atom is -0.748 e. The van der Waals surface area contributed by atoms with Crippen LogP contribution in [0.3, 0.4) is 0 Å². The van der Waals surface area contributed by atoms with Crippen LogP contribution >= 0.6 is 11.8 Å². The molecule has 57 heavy (non-hydrogen) atoms. The maximum atomic E-state index is 12.0. The Morgan fingerprint density at radius 3 is 1.12 bits per heavy atom. The van der Waals surface area contributed by atoms with E-state index < -0.39 is 15.4 Å². The zero-order valence-electron chi connectivity index (χ0n) is 32.7. The van der Waals surface area contributed by atoms with Gasteiger partial charge in [-0.3, -0.25) is 0 Å². The molecule has 10 nitrogen and oxygen atoms in total. The molecule has 7 rings (SSSR count). The van der Waals surface area contributed by atoms with E-state index in [1.54, 1.807) is 40.2 Å². The van der Waals surface area contributed by atoms with Crippen molar-refractivity contribution in [1.82, 2.24) is 0 Å². The summed E-state index contributed by atoms with van der Waals surface area (Å²) in [5.41, 5.74) is 7.39. The summed E-state index contributed by atoms with van der Waals surface area (Å²) in [6.07, 6.45) is 0.159. The Hall–Kier alpha value is -4.01. The summed E-state index contributed by atoms with van der Waals surface area (Å²) in [5.74, 6) is 3.00. The number of fused-ring (bicyclic) bond motifs is 2. The van der Waals surface area contributed by atoms with Crippen LogP contribution in [-0.2, 0) is 10.1 Å². The molecule has 288 valence electrons. The van der Waals surface area contributed by atoms with Gasteiger partial charge in [-0.25, -0.2) is 8.42 Å². The number of hydrogen-bond donors (Lipinski definition) is 0. The predicted molar refractivity (Wildman–Crippen MR) is 223 cm³/mol. The molecule has 13 heteroatoms. The third-order valence-corrected chi connectivity index (χ3v) is 12.1. The first-order valence-electron chi connectivity index (χ1n) is 17.9. The molecule has 0 aliphatic carbocycles. The van der Waals surface area contributed by atoms with Crippen molar-refractivity contribution < 1.29 is 90.1 Å². The SMILES string of the molecule is COc1ccc(N(c2ccc(OC)cc2)c2ccc3c(c2)Sc2cc(N(c4ccc(OC)cc4)c4ccc(OC)cc4)ccc2N3CCC(C)S(=O)(=O)[O-])cc1.[Rb+]. The van der Waals surface area contributed by atoms with Crippen molar-refractivity contribution in [1.29, 1.82) is 0 Å². The Morgan fingerprint density at radius 2 is 0.842 bits per heavy atom. The van der Waals surface area contributed by atoms with E-state index in [4.69, 9.17) is 18.9 Å². The van der Waals surface area contributed by atoms with Crippen LogP contribution in [0.5, 0.6) is 23.0 Å². The van der Waals surface area contributed by atoms with Gasteiger partial charge < -0.3 is 38.2 Å². The molecule has 1 heterocycles. The standard InChI is InChI=1S/C44H43N3O7S2.Rb/c1-30(56(48,49)50)26-27-45-41-24-14-35(46(31-6-16-37(51-2)17-7-31)32-8-18-38(52-3)19-9-32)28-43(41)55-44-29-36(15-25-42(44)45)47(33-10-20-39(53-4)21-11-33)34-12-22-40(54-5)23-13-34;/h6-25,28-30H,26-27H2,1-5H3,(H,48,49,50);/q;+1/p-1. The molecule has 6 aromatic rings. The quantitative estimate of drug-likeness (QED) is 0.101. The third-order valence-electron chi connectivity index (χ3n) is 9.78. The Balaban J connectivity index is 0.00000549. The van der Waals surface area contributed by atoms with Crippen LogP contribution in [0.15, 0.2) is 143 Å². The van der Waals surface area contributed by atoms with Crippen LogP contribution in [-0.4, -0.2) is 53.2 Å². The van der Waals surface area contributed by atoms with Crippen LogP contribution in [0.25, 0.3) is 0 Å². The first kappa shape index (κ1) is 42.6. The molecule has 1 unspecified atom stereocenters. The fourth-order valence-corrected chi connectivity index (χ4v) is 8.21. The smallest absolute Gasteiger partial charge is 0.748 e. The zero-order valence-corrected chi connectivity index (χ0v) is 39.3. The number of hydrogen-bond acceptors (Lipinski definition) is 11. The van der Waals surface area contributed by atoms with Gasteiger partial charge in [-0.2, -0.15) is 0 Å². The topological polar surface area (TPSA) is 104 Å². The van der Waals surface area contributed by atoms with Gasteiger partial charge in [0.15, 0.2) is 0 Å². The van der Waals surface area contributed by atoms with Crippen LogP contribution in [0.4, 0.5) is 45.5 Å². The first-order chi connectivity index (χ1) is 27.1. The van der Waals surface area contributed by atoms with E-state index in [-0.39, 0.29) is 64.6 Å². The Morgan fingerprint density at radius 1 is 0.544 bits per heavy atom. The van der Waals surface area contributed by atoms with Crippen LogP contribution in [0, 0.1) is 0 Å². The summed E-state index contributed by atoms with van der Waals surface area (Å²) < 4.78 is 57.9. The second kappa shape index (κ2) is 18.7. The summed E-state index contributed by atoms with van der Waals surface area (Å²) in [6.45, 7) is 1.79. The summed E-state index contributed by atoms with van der Waals surface area (Å²) in [7, 11) is 2.11. The van der Waals surface area contributed by atoms with Crippen LogP contribution in [0.2, 0.25) is 0 Å². The van der Waals surface area contributed by atoms with E-state index >= 15 is 0 Å². The zero-order chi connectivity index (χ0) is 39.4. The van der Waals surface area contributed by atoms with E-state index in [0.29, 0.717) is 6.54 Å². The Kier molecular flexibility index (Phi) is 14.0. The van der Waals surface area contributed by atoms with Crippen molar-refractivity contribution in [2.45, 2.75) is 28.4 Å². The van der Waals surface area contributed by atoms with Gasteiger partial charge in [-0.15, -0.1) is 0 Å². The minimum atomic E-state index is -4.47. The molecule has 1 aliphatic heterocycles. The van der Waals surface area contributed by atoms with Crippen molar-refractivity contribution >= 4 is 67.4 Å². The van der Waals surface area contributed by atoms with Gasteiger partial charge in [0.1, 0.15) is 23.0 Å². The molecule has 0 saturated carbocycles. The van der Waals surface area contributed by atoms with Crippen molar-refractivity contribution in [3.63, 3.8) is 0 Å². The molecular formula is C44H42N3O7RbS2. The fourth-order valence-electron chi connectivity index (χ4n) is 6.66. The van der Waals surface area contributed by atoms with Crippen LogP contribution < -0.4 is 91.8 Å². The van der Waals surface area contributed by atoms with E-state index in [2.05, 4.69) is 51.1 Å².